The molecule has 0 aliphatic carbocycles. The molecular formula is C11H15N3. The largest absolute Gasteiger partial charge is 0.366 e. The topological polar surface area (TPSA) is 28.2 Å². The molecular weight excluding hydrogens is 174 g/mol. The maximum Gasteiger partial charge on any atom is 0.0554 e. The smallest absolute Gasteiger partial charge is 0.0554 e. The lowest BCUT2D eigenvalue weighted by atomic mass is 9.80. The molecule has 0 unspecified atom stereocenters. The molecule has 2 saturated heterocycles. The van der Waals surface area contributed by atoms with Crippen LogP contribution in [0.5, 0.6) is 0 Å². The van der Waals surface area contributed by atoms with Gasteiger partial charge < -0.3 is 10.2 Å². The van der Waals surface area contributed by atoms with E-state index in [1.54, 1.807) is 0 Å². The van der Waals surface area contributed by atoms with Crippen LogP contribution in [0.3, 0.4) is 0 Å². The molecule has 0 atom stereocenters. The predicted molar refractivity (Wildman–Crippen MR) is 56.5 cm³/mol. The average Bonchev–Trinajstić information content (AvgIpc) is 2.03. The lowest BCUT2D eigenvalue weighted by Gasteiger charge is -2.57. The van der Waals surface area contributed by atoms with Gasteiger partial charge in [-0.15, -0.1) is 0 Å². The Morgan fingerprint density at radius 3 is 2.71 bits per heavy atom. The molecule has 1 spiro atoms. The van der Waals surface area contributed by atoms with Crippen molar-refractivity contribution in [3.8, 4) is 0 Å². The van der Waals surface area contributed by atoms with E-state index in [0.717, 1.165) is 18.8 Å². The van der Waals surface area contributed by atoms with Crippen molar-refractivity contribution in [3.05, 3.63) is 24.0 Å². The number of rotatable bonds is 1. The zero-order valence-corrected chi connectivity index (χ0v) is 8.45. The van der Waals surface area contributed by atoms with E-state index in [4.69, 9.17) is 0 Å². The van der Waals surface area contributed by atoms with E-state index in [9.17, 15) is 0 Å². The van der Waals surface area contributed by atoms with Gasteiger partial charge in [0.05, 0.1) is 17.4 Å². The summed E-state index contributed by atoms with van der Waals surface area (Å²) >= 11 is 0. The highest BCUT2D eigenvalue weighted by molar-refractivity contribution is 5.50. The van der Waals surface area contributed by atoms with Crippen LogP contribution in [0.4, 0.5) is 5.69 Å². The van der Waals surface area contributed by atoms with Gasteiger partial charge >= 0.3 is 0 Å². The van der Waals surface area contributed by atoms with Gasteiger partial charge in [-0.05, 0) is 32.0 Å². The molecule has 3 heteroatoms. The Kier molecular flexibility index (Phi) is 1.59. The van der Waals surface area contributed by atoms with Crippen LogP contribution in [0, 0.1) is 6.92 Å². The van der Waals surface area contributed by atoms with Gasteiger partial charge in [0.1, 0.15) is 0 Å². The standard InChI is InChI=1S/C11H15N3/c1-9-2-3-10(6-12-9)14-7-11(8-14)4-5-13-11/h2-3,6,13H,4-5,7-8H2,1H3. The molecule has 0 aromatic carbocycles. The molecule has 74 valence electrons. The Labute approximate surface area is 84.1 Å². The van der Waals surface area contributed by atoms with Crippen molar-refractivity contribution in [3.63, 3.8) is 0 Å². The second-order valence-electron chi connectivity index (χ2n) is 4.47. The lowest BCUT2D eigenvalue weighted by Crippen LogP contribution is -2.75. The summed E-state index contributed by atoms with van der Waals surface area (Å²) in [6, 6.07) is 4.24. The quantitative estimate of drug-likeness (QED) is 0.712. The van der Waals surface area contributed by atoms with Gasteiger partial charge in [-0.2, -0.15) is 0 Å². The molecule has 2 aliphatic rings. The lowest BCUT2D eigenvalue weighted by molar-refractivity contribution is 0.159. The van der Waals surface area contributed by atoms with E-state index in [2.05, 4.69) is 27.3 Å². The Morgan fingerprint density at radius 2 is 2.21 bits per heavy atom. The van der Waals surface area contributed by atoms with Gasteiger partial charge in [-0.3, -0.25) is 4.98 Å². The summed E-state index contributed by atoms with van der Waals surface area (Å²) in [6.45, 7) is 5.52. The Bertz CT molecular complexity index is 332. The molecule has 1 N–H and O–H groups in total. The number of aryl methyl sites for hydroxylation is 1. The van der Waals surface area contributed by atoms with Crippen LogP contribution < -0.4 is 10.2 Å². The van der Waals surface area contributed by atoms with E-state index in [1.807, 2.05) is 13.1 Å². The Morgan fingerprint density at radius 1 is 1.43 bits per heavy atom. The molecule has 0 saturated carbocycles. The van der Waals surface area contributed by atoms with Crippen molar-refractivity contribution in [2.75, 3.05) is 24.5 Å². The number of nitrogens with zero attached hydrogens (tertiary/aromatic N) is 2. The summed E-state index contributed by atoms with van der Waals surface area (Å²) in [7, 11) is 0. The van der Waals surface area contributed by atoms with Crippen LogP contribution in [-0.4, -0.2) is 30.2 Å². The van der Waals surface area contributed by atoms with E-state index in [1.165, 1.54) is 18.7 Å². The summed E-state index contributed by atoms with van der Waals surface area (Å²) in [4.78, 5) is 6.70. The number of hydrogen-bond donors (Lipinski definition) is 1. The first-order chi connectivity index (χ1) is 6.77. The number of nitrogens with one attached hydrogen (secondary N) is 1. The minimum absolute atomic E-state index is 0.463. The number of hydrogen-bond acceptors (Lipinski definition) is 3. The second kappa shape index (κ2) is 2.70. The van der Waals surface area contributed by atoms with Crippen molar-refractivity contribution in [2.24, 2.45) is 0 Å². The van der Waals surface area contributed by atoms with Crippen LogP contribution in [0.2, 0.25) is 0 Å². The maximum absolute atomic E-state index is 4.31. The molecule has 3 rings (SSSR count). The average molecular weight is 189 g/mol. The molecule has 14 heavy (non-hydrogen) atoms. The summed E-state index contributed by atoms with van der Waals surface area (Å²) in [5.74, 6) is 0. The Hall–Kier alpha value is -1.09. The van der Waals surface area contributed by atoms with E-state index in [0.29, 0.717) is 5.54 Å². The summed E-state index contributed by atoms with van der Waals surface area (Å²) in [6.07, 6.45) is 3.31. The highest BCUT2D eigenvalue weighted by atomic mass is 15.3. The monoisotopic (exact) mass is 189 g/mol. The van der Waals surface area contributed by atoms with Crippen LogP contribution in [0.25, 0.3) is 0 Å². The van der Waals surface area contributed by atoms with E-state index >= 15 is 0 Å². The second-order valence-corrected chi connectivity index (χ2v) is 4.47. The van der Waals surface area contributed by atoms with E-state index < -0.39 is 0 Å². The van der Waals surface area contributed by atoms with Crippen LogP contribution in [0.1, 0.15) is 12.1 Å². The molecule has 0 radical (unpaired) electrons. The third-order valence-corrected chi connectivity index (χ3v) is 3.35. The third-order valence-electron chi connectivity index (χ3n) is 3.35. The first-order valence-electron chi connectivity index (χ1n) is 5.20. The fourth-order valence-corrected chi connectivity index (χ4v) is 2.26. The molecule has 0 amide bonds. The molecule has 2 fully saturated rings. The number of pyridine rings is 1. The van der Waals surface area contributed by atoms with Crippen molar-refractivity contribution < 1.29 is 0 Å². The van der Waals surface area contributed by atoms with Crippen LogP contribution >= 0.6 is 0 Å². The van der Waals surface area contributed by atoms with Crippen LogP contribution in [0.15, 0.2) is 18.3 Å². The van der Waals surface area contributed by atoms with E-state index in [-0.39, 0.29) is 0 Å². The summed E-state index contributed by atoms with van der Waals surface area (Å²) < 4.78 is 0. The first-order valence-corrected chi connectivity index (χ1v) is 5.20. The van der Waals surface area contributed by atoms with Gasteiger partial charge in [-0.25, -0.2) is 0 Å². The molecule has 0 bridgehead atoms. The maximum atomic E-state index is 4.31. The van der Waals surface area contributed by atoms with Crippen LogP contribution in [-0.2, 0) is 0 Å². The SMILES string of the molecule is Cc1ccc(N2CC3(CCN3)C2)cn1. The van der Waals surface area contributed by atoms with Gasteiger partial charge in [0.25, 0.3) is 0 Å². The summed E-state index contributed by atoms with van der Waals surface area (Å²) in [5, 5.41) is 3.51. The normalized spacial score (nSPS) is 23.1. The number of anilines is 1. The molecule has 1 aromatic heterocycles. The zero-order chi connectivity index (χ0) is 9.60. The van der Waals surface area contributed by atoms with Gasteiger partial charge in [0.2, 0.25) is 0 Å². The predicted octanol–water partition coefficient (Wildman–Crippen LogP) is 0.942. The van der Waals surface area contributed by atoms with Gasteiger partial charge in [0, 0.05) is 18.8 Å². The first kappa shape index (κ1) is 8.24. The van der Waals surface area contributed by atoms with Crippen molar-refractivity contribution in [1.82, 2.24) is 10.3 Å². The highest BCUT2D eigenvalue weighted by Gasteiger charge is 2.47. The van der Waals surface area contributed by atoms with Crippen molar-refractivity contribution in [1.29, 1.82) is 0 Å². The number of aromatic nitrogens is 1. The highest BCUT2D eigenvalue weighted by Crippen LogP contribution is 2.33. The Balaban J connectivity index is 1.70. The van der Waals surface area contributed by atoms with Gasteiger partial charge in [0.15, 0.2) is 0 Å². The third kappa shape index (κ3) is 1.12. The summed E-state index contributed by atoms with van der Waals surface area (Å²) in [5.41, 5.74) is 2.81. The zero-order valence-electron chi connectivity index (χ0n) is 8.45. The molecule has 3 heterocycles. The molecule has 2 aliphatic heterocycles. The van der Waals surface area contributed by atoms with Crippen molar-refractivity contribution in [2.45, 2.75) is 18.9 Å². The van der Waals surface area contributed by atoms with Gasteiger partial charge in [-0.1, -0.05) is 0 Å². The van der Waals surface area contributed by atoms with Crippen molar-refractivity contribution >= 4 is 5.69 Å². The minimum Gasteiger partial charge on any atom is -0.366 e. The fraction of sp³-hybridized carbons (Fsp3) is 0.545. The molecule has 1 aromatic rings. The minimum atomic E-state index is 0.463. The molecule has 3 nitrogen and oxygen atoms in total. The fourth-order valence-electron chi connectivity index (χ4n) is 2.26.